The van der Waals surface area contributed by atoms with Crippen molar-refractivity contribution in [3.05, 3.63) is 30.1 Å². The van der Waals surface area contributed by atoms with Crippen molar-refractivity contribution in [3.63, 3.8) is 0 Å². The lowest BCUT2D eigenvalue weighted by atomic mass is 10.0. The molecule has 0 aliphatic rings. The molecule has 0 spiro atoms. The van der Waals surface area contributed by atoms with Crippen LogP contribution in [0.1, 0.15) is 26.7 Å². The van der Waals surface area contributed by atoms with Gasteiger partial charge in [0.25, 0.3) is 0 Å². The van der Waals surface area contributed by atoms with Crippen LogP contribution >= 0.6 is 11.8 Å². The van der Waals surface area contributed by atoms with Crippen molar-refractivity contribution in [2.24, 2.45) is 5.92 Å². The zero-order chi connectivity index (χ0) is 12.7. The van der Waals surface area contributed by atoms with Gasteiger partial charge in [0.15, 0.2) is 0 Å². The normalized spacial score (nSPS) is 14.6. The van der Waals surface area contributed by atoms with Crippen molar-refractivity contribution in [1.29, 1.82) is 0 Å². The van der Waals surface area contributed by atoms with Gasteiger partial charge < -0.3 is 5.32 Å². The third-order valence-corrected chi connectivity index (χ3v) is 4.28. The molecule has 0 aliphatic carbocycles. The Morgan fingerprint density at radius 3 is 2.65 bits per heavy atom. The molecule has 17 heavy (non-hydrogen) atoms. The predicted octanol–water partition coefficient (Wildman–Crippen LogP) is 3.94. The molecular formula is C14H22FNS. The van der Waals surface area contributed by atoms with E-state index in [1.807, 2.05) is 19.2 Å². The van der Waals surface area contributed by atoms with E-state index in [0.29, 0.717) is 12.0 Å². The topological polar surface area (TPSA) is 12.0 Å². The van der Waals surface area contributed by atoms with Gasteiger partial charge in [-0.25, -0.2) is 4.39 Å². The Morgan fingerprint density at radius 2 is 2.06 bits per heavy atom. The summed E-state index contributed by atoms with van der Waals surface area (Å²) in [6.07, 6.45) is 2.34. The highest BCUT2D eigenvalue weighted by atomic mass is 32.2. The summed E-state index contributed by atoms with van der Waals surface area (Å²) >= 11 is 1.59. The maximum Gasteiger partial charge on any atom is 0.136 e. The van der Waals surface area contributed by atoms with Gasteiger partial charge in [-0.15, -0.1) is 11.8 Å². The third-order valence-electron chi connectivity index (χ3n) is 3.07. The minimum atomic E-state index is -0.115. The van der Waals surface area contributed by atoms with Gasteiger partial charge in [0.2, 0.25) is 0 Å². The van der Waals surface area contributed by atoms with Crippen molar-refractivity contribution in [2.75, 3.05) is 12.8 Å². The summed E-state index contributed by atoms with van der Waals surface area (Å²) in [4.78, 5) is 0.747. The van der Waals surface area contributed by atoms with Crippen LogP contribution in [0.15, 0.2) is 29.2 Å². The molecule has 1 nitrogen and oxygen atoms in total. The average molecular weight is 255 g/mol. The van der Waals surface area contributed by atoms with E-state index in [9.17, 15) is 4.39 Å². The Morgan fingerprint density at radius 1 is 1.35 bits per heavy atom. The van der Waals surface area contributed by atoms with E-state index in [1.165, 1.54) is 12.5 Å². The SMILES string of the molecule is CCC(C)CC(CSc1ccccc1F)NC. The fraction of sp³-hybridized carbons (Fsp3) is 0.571. The molecule has 0 saturated carbocycles. The molecule has 0 amide bonds. The highest BCUT2D eigenvalue weighted by molar-refractivity contribution is 7.99. The second-order valence-electron chi connectivity index (χ2n) is 4.48. The van der Waals surface area contributed by atoms with E-state index >= 15 is 0 Å². The lowest BCUT2D eigenvalue weighted by Gasteiger charge is -2.19. The molecule has 0 bridgehead atoms. The predicted molar refractivity (Wildman–Crippen MR) is 74.0 cm³/mol. The van der Waals surface area contributed by atoms with Gasteiger partial charge in [-0.2, -0.15) is 0 Å². The molecule has 2 atom stereocenters. The summed E-state index contributed by atoms with van der Waals surface area (Å²) in [5.41, 5.74) is 0. The molecule has 96 valence electrons. The number of benzene rings is 1. The molecule has 1 aromatic carbocycles. The zero-order valence-electron chi connectivity index (χ0n) is 10.9. The number of nitrogens with one attached hydrogen (secondary N) is 1. The minimum absolute atomic E-state index is 0.115. The maximum absolute atomic E-state index is 13.4. The van der Waals surface area contributed by atoms with E-state index in [0.717, 1.165) is 17.1 Å². The van der Waals surface area contributed by atoms with Crippen molar-refractivity contribution in [2.45, 2.75) is 37.6 Å². The van der Waals surface area contributed by atoms with E-state index in [4.69, 9.17) is 0 Å². The van der Waals surface area contributed by atoms with E-state index in [2.05, 4.69) is 19.2 Å². The fourth-order valence-electron chi connectivity index (χ4n) is 1.67. The number of hydrogen-bond donors (Lipinski definition) is 1. The van der Waals surface area contributed by atoms with Gasteiger partial charge in [0.05, 0.1) is 0 Å². The molecule has 0 fully saturated rings. The van der Waals surface area contributed by atoms with Crippen LogP contribution in [0.4, 0.5) is 4.39 Å². The van der Waals surface area contributed by atoms with Crippen molar-refractivity contribution >= 4 is 11.8 Å². The second-order valence-corrected chi connectivity index (χ2v) is 5.54. The van der Waals surface area contributed by atoms with Crippen LogP contribution in [0.5, 0.6) is 0 Å². The Balaban J connectivity index is 2.45. The smallest absolute Gasteiger partial charge is 0.136 e. The summed E-state index contributed by atoms with van der Waals surface area (Å²) in [6.45, 7) is 4.47. The van der Waals surface area contributed by atoms with Crippen molar-refractivity contribution in [1.82, 2.24) is 5.32 Å². The largest absolute Gasteiger partial charge is 0.316 e. The van der Waals surface area contributed by atoms with Gasteiger partial charge in [-0.05, 0) is 31.5 Å². The zero-order valence-corrected chi connectivity index (χ0v) is 11.7. The first kappa shape index (κ1) is 14.5. The summed E-state index contributed by atoms with van der Waals surface area (Å²) in [5.74, 6) is 1.52. The van der Waals surface area contributed by atoms with Gasteiger partial charge in [0.1, 0.15) is 5.82 Å². The molecule has 3 heteroatoms. The molecule has 0 heterocycles. The number of hydrogen-bond acceptors (Lipinski definition) is 2. The first-order chi connectivity index (χ1) is 8.17. The molecule has 1 rings (SSSR count). The molecule has 1 N–H and O–H groups in total. The molecule has 0 saturated heterocycles. The Labute approximate surface area is 108 Å². The quantitative estimate of drug-likeness (QED) is 0.741. The fourth-order valence-corrected chi connectivity index (χ4v) is 2.74. The van der Waals surface area contributed by atoms with Gasteiger partial charge in [0, 0.05) is 16.7 Å². The Kier molecular flexibility index (Phi) is 6.60. The van der Waals surface area contributed by atoms with E-state index in [1.54, 1.807) is 17.8 Å². The van der Waals surface area contributed by atoms with Gasteiger partial charge in [-0.3, -0.25) is 0 Å². The van der Waals surface area contributed by atoms with Gasteiger partial charge >= 0.3 is 0 Å². The van der Waals surface area contributed by atoms with E-state index < -0.39 is 0 Å². The van der Waals surface area contributed by atoms with Crippen LogP contribution in [0.2, 0.25) is 0 Å². The van der Waals surface area contributed by atoms with Crippen LogP contribution in [-0.4, -0.2) is 18.8 Å². The second kappa shape index (κ2) is 7.72. The monoisotopic (exact) mass is 255 g/mol. The maximum atomic E-state index is 13.4. The molecular weight excluding hydrogens is 233 g/mol. The molecule has 0 aromatic heterocycles. The van der Waals surface area contributed by atoms with Crippen LogP contribution in [0.25, 0.3) is 0 Å². The van der Waals surface area contributed by atoms with Crippen molar-refractivity contribution < 1.29 is 4.39 Å². The molecule has 1 aromatic rings. The highest BCUT2D eigenvalue weighted by Gasteiger charge is 2.11. The first-order valence-corrected chi connectivity index (χ1v) is 7.20. The number of halogens is 1. The van der Waals surface area contributed by atoms with Gasteiger partial charge in [-0.1, -0.05) is 32.4 Å². The highest BCUT2D eigenvalue weighted by Crippen LogP contribution is 2.23. The molecule has 2 unspecified atom stereocenters. The molecule has 0 aliphatic heterocycles. The van der Waals surface area contributed by atoms with E-state index in [-0.39, 0.29) is 5.82 Å². The Bertz CT molecular complexity index is 330. The van der Waals surface area contributed by atoms with Crippen LogP contribution in [-0.2, 0) is 0 Å². The van der Waals surface area contributed by atoms with Crippen LogP contribution in [0.3, 0.4) is 0 Å². The Hall–Kier alpha value is -0.540. The summed E-state index contributed by atoms with van der Waals surface area (Å²) in [5, 5.41) is 3.31. The van der Waals surface area contributed by atoms with Crippen LogP contribution < -0.4 is 5.32 Å². The van der Waals surface area contributed by atoms with Crippen molar-refractivity contribution in [3.8, 4) is 0 Å². The minimum Gasteiger partial charge on any atom is -0.316 e. The number of thioether (sulfide) groups is 1. The third kappa shape index (κ3) is 5.09. The lowest BCUT2D eigenvalue weighted by Crippen LogP contribution is -2.29. The average Bonchev–Trinajstić information content (AvgIpc) is 2.35. The lowest BCUT2D eigenvalue weighted by molar-refractivity contribution is 0.436. The summed E-state index contributed by atoms with van der Waals surface area (Å²) in [7, 11) is 1.98. The summed E-state index contributed by atoms with van der Waals surface area (Å²) < 4.78 is 13.4. The summed E-state index contributed by atoms with van der Waals surface area (Å²) in [6, 6.07) is 7.43. The standard InChI is InChI=1S/C14H22FNS/c1-4-11(2)9-12(16-3)10-17-14-8-6-5-7-13(14)15/h5-8,11-12,16H,4,9-10H2,1-3H3. The molecule has 0 radical (unpaired) electrons. The van der Waals surface area contributed by atoms with Crippen LogP contribution in [0, 0.1) is 11.7 Å². The first-order valence-electron chi connectivity index (χ1n) is 6.22. The number of rotatable bonds is 7.